The summed E-state index contributed by atoms with van der Waals surface area (Å²) in [6.45, 7) is 5.15. The van der Waals surface area contributed by atoms with Gasteiger partial charge < -0.3 is 15.8 Å². The maximum atomic E-state index is 14.0. The van der Waals surface area contributed by atoms with E-state index in [1.165, 1.54) is 0 Å². The molecule has 3 N–H and O–H groups in total. The Kier molecular flexibility index (Phi) is 3.98. The Labute approximate surface area is 124 Å². The first kappa shape index (κ1) is 16.5. The summed E-state index contributed by atoms with van der Waals surface area (Å²) < 4.78 is 33.3. The summed E-state index contributed by atoms with van der Waals surface area (Å²) in [5, 5.41) is 2.78. The monoisotopic (exact) mass is 304 g/mol. The average molecular weight is 304 g/mol. The number of carbonyl (C=O) groups excluding carboxylic acids is 1. The molecule has 2 aliphatic carbocycles. The van der Waals surface area contributed by atoms with Crippen LogP contribution in [0.15, 0.2) is 0 Å². The zero-order chi connectivity index (χ0) is 15.9. The van der Waals surface area contributed by atoms with Crippen LogP contribution in [0.25, 0.3) is 0 Å². The van der Waals surface area contributed by atoms with E-state index in [1.54, 1.807) is 20.8 Å². The largest absolute Gasteiger partial charge is 0.444 e. The van der Waals surface area contributed by atoms with E-state index in [1.807, 2.05) is 0 Å². The molecule has 0 heterocycles. The molecule has 0 aliphatic heterocycles. The molecule has 2 rings (SSSR count). The first-order valence-electron chi connectivity index (χ1n) is 7.67. The number of alkyl halides is 2. The van der Waals surface area contributed by atoms with Gasteiger partial charge in [0.05, 0.1) is 11.0 Å². The van der Waals surface area contributed by atoms with Crippen molar-refractivity contribution < 1.29 is 18.3 Å². The molecular weight excluding hydrogens is 278 g/mol. The van der Waals surface area contributed by atoms with Gasteiger partial charge in [-0.1, -0.05) is 19.3 Å². The predicted octanol–water partition coefficient (Wildman–Crippen LogP) is 3.20. The topological polar surface area (TPSA) is 64.3 Å². The highest BCUT2D eigenvalue weighted by Crippen LogP contribution is 2.68. The Hall–Kier alpha value is -0.910. The third-order valence-electron chi connectivity index (χ3n) is 4.81. The van der Waals surface area contributed by atoms with E-state index in [2.05, 4.69) is 5.32 Å². The number of alkyl carbamates (subject to hydrolysis) is 1. The van der Waals surface area contributed by atoms with Crippen molar-refractivity contribution in [3.63, 3.8) is 0 Å². The Morgan fingerprint density at radius 3 is 2.14 bits per heavy atom. The van der Waals surface area contributed by atoms with Gasteiger partial charge in [0, 0.05) is 13.0 Å². The standard InChI is InChI=1S/C15H26F2N2O2/c1-12(2,3)21-11(20)19-14(7-5-4-6-8-14)13(10-18)9-15(13,16)17/h4-10,18H2,1-3H3,(H,19,20). The fourth-order valence-electron chi connectivity index (χ4n) is 3.65. The zero-order valence-electron chi connectivity index (χ0n) is 13.1. The fourth-order valence-corrected chi connectivity index (χ4v) is 3.65. The van der Waals surface area contributed by atoms with Crippen molar-refractivity contribution in [3.8, 4) is 0 Å². The second kappa shape index (κ2) is 5.07. The molecule has 1 atom stereocenters. The van der Waals surface area contributed by atoms with Crippen LogP contribution < -0.4 is 11.1 Å². The van der Waals surface area contributed by atoms with E-state index in [0.29, 0.717) is 12.8 Å². The molecule has 0 aromatic rings. The molecular formula is C15H26F2N2O2. The highest BCUT2D eigenvalue weighted by molar-refractivity contribution is 5.69. The highest BCUT2D eigenvalue weighted by Gasteiger charge is 2.78. The van der Waals surface area contributed by atoms with Crippen LogP contribution in [0.3, 0.4) is 0 Å². The number of carbonyl (C=O) groups is 1. The first-order valence-corrected chi connectivity index (χ1v) is 7.67. The molecule has 2 aliphatic rings. The average Bonchev–Trinajstić information content (AvgIpc) is 2.92. The van der Waals surface area contributed by atoms with Crippen LogP contribution in [0, 0.1) is 5.41 Å². The summed E-state index contributed by atoms with van der Waals surface area (Å²) in [7, 11) is 0. The molecule has 4 nitrogen and oxygen atoms in total. The summed E-state index contributed by atoms with van der Waals surface area (Å²) in [5.41, 5.74) is 2.79. The molecule has 2 fully saturated rings. The van der Waals surface area contributed by atoms with E-state index in [4.69, 9.17) is 10.5 Å². The number of ether oxygens (including phenoxy) is 1. The summed E-state index contributed by atoms with van der Waals surface area (Å²) >= 11 is 0. The normalized spacial score (nSPS) is 30.6. The Morgan fingerprint density at radius 1 is 1.24 bits per heavy atom. The minimum absolute atomic E-state index is 0.115. The van der Waals surface area contributed by atoms with Gasteiger partial charge in [0.1, 0.15) is 5.60 Å². The van der Waals surface area contributed by atoms with Gasteiger partial charge >= 0.3 is 6.09 Å². The van der Waals surface area contributed by atoms with Crippen LogP contribution in [-0.4, -0.2) is 29.7 Å². The molecule has 1 amide bonds. The number of rotatable bonds is 3. The minimum Gasteiger partial charge on any atom is -0.444 e. The van der Waals surface area contributed by atoms with Crippen LogP contribution >= 0.6 is 0 Å². The van der Waals surface area contributed by atoms with E-state index in [9.17, 15) is 13.6 Å². The first-order chi connectivity index (χ1) is 9.58. The van der Waals surface area contributed by atoms with Gasteiger partial charge in [-0.25, -0.2) is 13.6 Å². The van der Waals surface area contributed by atoms with Gasteiger partial charge in [0.2, 0.25) is 0 Å². The van der Waals surface area contributed by atoms with Crippen molar-refractivity contribution in [2.75, 3.05) is 6.54 Å². The number of halogens is 2. The number of amides is 1. The Balaban J connectivity index is 2.21. The van der Waals surface area contributed by atoms with Crippen LogP contribution in [0.1, 0.15) is 59.3 Å². The lowest BCUT2D eigenvalue weighted by Crippen LogP contribution is -2.60. The summed E-state index contributed by atoms with van der Waals surface area (Å²) in [6.07, 6.45) is 2.87. The van der Waals surface area contributed by atoms with E-state index < -0.39 is 28.6 Å². The number of hydrogen-bond acceptors (Lipinski definition) is 3. The lowest BCUT2D eigenvalue weighted by Gasteiger charge is -2.44. The third-order valence-corrected chi connectivity index (χ3v) is 4.81. The molecule has 122 valence electrons. The summed E-state index contributed by atoms with van der Waals surface area (Å²) in [5.74, 6) is -2.80. The van der Waals surface area contributed by atoms with Crippen LogP contribution in [0.5, 0.6) is 0 Å². The number of nitrogens with two attached hydrogens (primary N) is 1. The summed E-state index contributed by atoms with van der Waals surface area (Å²) in [4.78, 5) is 12.1. The number of nitrogens with one attached hydrogen (secondary N) is 1. The lowest BCUT2D eigenvalue weighted by atomic mass is 9.70. The Bertz CT molecular complexity index is 414. The molecule has 21 heavy (non-hydrogen) atoms. The van der Waals surface area contributed by atoms with Gasteiger partial charge in [0.15, 0.2) is 0 Å². The van der Waals surface area contributed by atoms with Gasteiger partial charge in [-0.15, -0.1) is 0 Å². The Morgan fingerprint density at radius 2 is 1.76 bits per heavy atom. The fraction of sp³-hybridized carbons (Fsp3) is 0.933. The molecule has 0 aromatic heterocycles. The van der Waals surface area contributed by atoms with Crippen molar-refractivity contribution in [3.05, 3.63) is 0 Å². The van der Waals surface area contributed by atoms with Gasteiger partial charge in [-0.3, -0.25) is 0 Å². The van der Waals surface area contributed by atoms with Crippen molar-refractivity contribution in [1.29, 1.82) is 0 Å². The van der Waals surface area contributed by atoms with Crippen LogP contribution in [-0.2, 0) is 4.74 Å². The molecule has 0 radical (unpaired) electrons. The molecule has 0 bridgehead atoms. The van der Waals surface area contributed by atoms with Crippen LogP contribution in [0.4, 0.5) is 13.6 Å². The summed E-state index contributed by atoms with van der Waals surface area (Å²) in [6, 6.07) is 0. The minimum atomic E-state index is -2.80. The molecule has 0 saturated heterocycles. The zero-order valence-corrected chi connectivity index (χ0v) is 13.1. The quantitative estimate of drug-likeness (QED) is 0.841. The van der Waals surface area contributed by atoms with Crippen LogP contribution in [0.2, 0.25) is 0 Å². The maximum absolute atomic E-state index is 14.0. The van der Waals surface area contributed by atoms with Gasteiger partial charge in [0.25, 0.3) is 5.92 Å². The predicted molar refractivity (Wildman–Crippen MR) is 76.2 cm³/mol. The molecule has 1 unspecified atom stereocenters. The molecule has 0 spiro atoms. The maximum Gasteiger partial charge on any atom is 0.408 e. The smallest absolute Gasteiger partial charge is 0.408 e. The van der Waals surface area contributed by atoms with E-state index in [0.717, 1.165) is 19.3 Å². The van der Waals surface area contributed by atoms with Crippen molar-refractivity contribution in [2.45, 2.75) is 76.4 Å². The molecule has 6 heteroatoms. The molecule has 0 aromatic carbocycles. The van der Waals surface area contributed by atoms with Gasteiger partial charge in [-0.05, 0) is 33.6 Å². The molecule has 2 saturated carbocycles. The van der Waals surface area contributed by atoms with Gasteiger partial charge in [-0.2, -0.15) is 0 Å². The lowest BCUT2D eigenvalue weighted by molar-refractivity contribution is -0.00645. The second-order valence-electron chi connectivity index (χ2n) is 7.44. The second-order valence-corrected chi connectivity index (χ2v) is 7.44. The van der Waals surface area contributed by atoms with Crippen molar-refractivity contribution >= 4 is 6.09 Å². The third kappa shape index (κ3) is 2.87. The highest BCUT2D eigenvalue weighted by atomic mass is 19.3. The number of hydrogen-bond donors (Lipinski definition) is 2. The SMILES string of the molecule is CC(C)(C)OC(=O)NC1(C2(CN)CC2(F)F)CCCCC1. The van der Waals surface area contributed by atoms with Crippen molar-refractivity contribution in [1.82, 2.24) is 5.32 Å². The van der Waals surface area contributed by atoms with Crippen molar-refractivity contribution in [2.24, 2.45) is 11.1 Å². The van der Waals surface area contributed by atoms with E-state index in [-0.39, 0.29) is 13.0 Å². The van der Waals surface area contributed by atoms with E-state index >= 15 is 0 Å².